The van der Waals surface area contributed by atoms with Crippen molar-refractivity contribution in [1.82, 2.24) is 4.98 Å². The molecule has 23 nitrogen and oxygen atoms in total. The maximum absolute atomic E-state index is 14.2. The number of ether oxygens (including phenoxy) is 7. The van der Waals surface area contributed by atoms with Gasteiger partial charge >= 0.3 is 5.97 Å². The van der Waals surface area contributed by atoms with Crippen LogP contribution in [0.15, 0.2) is 64.1 Å². The van der Waals surface area contributed by atoms with Crippen molar-refractivity contribution in [3.05, 3.63) is 70.6 Å². The molecule has 0 amide bonds. The van der Waals surface area contributed by atoms with E-state index in [1.54, 1.807) is 0 Å². The predicted molar refractivity (Wildman–Crippen MR) is 196 cm³/mol. The van der Waals surface area contributed by atoms with Gasteiger partial charge in [-0.1, -0.05) is 0 Å². The number of fused-ring (bicyclic) bond motifs is 1. The van der Waals surface area contributed by atoms with E-state index >= 15 is 0 Å². The minimum Gasteiger partial charge on any atom is -0.508 e. The Labute approximate surface area is 341 Å². The van der Waals surface area contributed by atoms with Crippen LogP contribution in [0.5, 0.6) is 28.7 Å². The second-order valence-corrected chi connectivity index (χ2v) is 14.3. The molecule has 0 radical (unpaired) electrons. The molecule has 0 aliphatic carbocycles. The van der Waals surface area contributed by atoms with Crippen LogP contribution in [-0.2, 0) is 23.7 Å². The lowest BCUT2D eigenvalue weighted by Gasteiger charge is -2.44. The van der Waals surface area contributed by atoms with E-state index in [0.29, 0.717) is 0 Å². The molecule has 0 bridgehead atoms. The minimum atomic E-state index is -2.01. The van der Waals surface area contributed by atoms with Crippen molar-refractivity contribution in [2.75, 3.05) is 19.8 Å². The highest BCUT2D eigenvalue weighted by molar-refractivity contribution is 5.89. The van der Waals surface area contributed by atoms with E-state index in [-0.39, 0.29) is 11.1 Å². The summed E-state index contributed by atoms with van der Waals surface area (Å²) in [4.78, 5) is 30.6. The lowest BCUT2D eigenvalue weighted by molar-refractivity contribution is -0.345. The third-order valence-corrected chi connectivity index (χ3v) is 10.1. The number of hydrogen-bond acceptors (Lipinski definition) is 23. The summed E-state index contributed by atoms with van der Waals surface area (Å²) < 4.78 is 45.2. The first-order chi connectivity index (χ1) is 29.1. The standard InChI is InChI=1S/C38H41NO22/c40-10-21-25(46)29(50)34(61-36-30(51)24(45)18(44)11-55-36)38(58-21)60-33-27(48)23-17(43)7-15(41)8-20(23)56-32(33)13-3-4-16(42)19(6-13)57-37-31(52)28(49)26(47)22(59-37)12-54-35(53)14-2-1-5-39-9-14/h1-9,18,21-22,24-26,28-31,34,36-38,40-47,49-52H,10-12H2/t18-,21-,22-,24+,25-,26-,28+,29+,30-,31-,34-,36+,37-,38+/m1/s1. The molecule has 0 spiro atoms. The number of aromatic hydroxyl groups is 3. The third kappa shape index (κ3) is 8.78. The summed E-state index contributed by atoms with van der Waals surface area (Å²) in [6.45, 7) is -2.10. The van der Waals surface area contributed by atoms with Gasteiger partial charge in [0, 0.05) is 30.1 Å². The monoisotopic (exact) mass is 863 g/mol. The molecular formula is C38H41NO22. The number of aromatic nitrogens is 1. The van der Waals surface area contributed by atoms with Gasteiger partial charge in [0.15, 0.2) is 29.7 Å². The number of carbonyl (C=O) groups excluding carboxylic acids is 1. The van der Waals surface area contributed by atoms with Crippen molar-refractivity contribution in [3.63, 3.8) is 0 Å². The van der Waals surface area contributed by atoms with Crippen LogP contribution in [0.1, 0.15) is 10.4 Å². The molecule has 3 saturated heterocycles. The molecule has 0 unspecified atom stereocenters. The zero-order chi connectivity index (χ0) is 43.9. The number of aliphatic hydroxyl groups excluding tert-OH is 9. The molecule has 2 aromatic carbocycles. The first kappa shape index (κ1) is 43.8. The van der Waals surface area contributed by atoms with Gasteiger partial charge in [0.25, 0.3) is 0 Å². The van der Waals surface area contributed by atoms with E-state index in [1.165, 1.54) is 30.6 Å². The van der Waals surface area contributed by atoms with E-state index in [1.807, 2.05) is 0 Å². The van der Waals surface area contributed by atoms with Crippen LogP contribution in [0.2, 0.25) is 0 Å². The lowest BCUT2D eigenvalue weighted by Crippen LogP contribution is -2.64. The Morgan fingerprint density at radius 3 is 2.21 bits per heavy atom. The predicted octanol–water partition coefficient (Wildman–Crippen LogP) is -3.34. The molecule has 3 fully saturated rings. The van der Waals surface area contributed by atoms with Gasteiger partial charge in [0.05, 0.1) is 18.8 Å². The number of phenols is 3. The third-order valence-electron chi connectivity index (χ3n) is 10.1. The highest BCUT2D eigenvalue weighted by Gasteiger charge is 2.51. The molecule has 7 rings (SSSR count). The molecule has 0 saturated carbocycles. The van der Waals surface area contributed by atoms with Crippen LogP contribution in [0.25, 0.3) is 22.3 Å². The maximum atomic E-state index is 14.2. The lowest BCUT2D eigenvalue weighted by atomic mass is 9.98. The second-order valence-electron chi connectivity index (χ2n) is 14.3. The fourth-order valence-electron chi connectivity index (χ4n) is 6.78. The number of carbonyl (C=O) groups is 1. The van der Waals surface area contributed by atoms with Crippen molar-refractivity contribution < 1.29 is 104 Å². The average Bonchev–Trinajstić information content (AvgIpc) is 3.24. The Bertz CT molecular complexity index is 2240. The van der Waals surface area contributed by atoms with Gasteiger partial charge in [-0.15, -0.1) is 0 Å². The SMILES string of the molecule is O=C(OC[C@H]1O[C@@H](Oc2cc(-c3oc4cc(O)cc(O)c4c(=O)c3O[C@@H]3O[C@H](CO)[C@@H](O)[C@H](O)[C@H]3O[C@@H]3OC[C@@H](O)[C@H](O)[C@H]3O)ccc2O)[C@H](O)[C@@H](O)[C@@H]1O)c1cccnc1. The number of benzene rings is 2. The van der Waals surface area contributed by atoms with Crippen molar-refractivity contribution in [2.45, 2.75) is 86.0 Å². The number of aliphatic hydroxyl groups is 9. The summed E-state index contributed by atoms with van der Waals surface area (Å²) in [5.41, 5.74) is -1.69. The first-order valence-corrected chi connectivity index (χ1v) is 18.5. The molecule has 12 N–H and O–H groups in total. The van der Waals surface area contributed by atoms with Gasteiger partial charge in [-0.3, -0.25) is 9.78 Å². The minimum absolute atomic E-state index is 0.0646. The van der Waals surface area contributed by atoms with Gasteiger partial charge < -0.3 is 98.9 Å². The first-order valence-electron chi connectivity index (χ1n) is 18.5. The van der Waals surface area contributed by atoms with Crippen LogP contribution < -0.4 is 14.9 Å². The van der Waals surface area contributed by atoms with Gasteiger partial charge in [0.1, 0.15) is 90.1 Å². The molecule has 5 heterocycles. The topological polar surface area (TPSA) is 368 Å². The number of nitrogens with zero attached hydrogens (tertiary/aromatic N) is 1. The summed E-state index contributed by atoms with van der Waals surface area (Å²) in [6.07, 6.45) is -22.8. The van der Waals surface area contributed by atoms with E-state index in [9.17, 15) is 70.9 Å². The Morgan fingerprint density at radius 1 is 0.770 bits per heavy atom. The fraction of sp³-hybridized carbons (Fsp3) is 0.447. The summed E-state index contributed by atoms with van der Waals surface area (Å²) in [6, 6.07) is 7.91. The fourth-order valence-corrected chi connectivity index (χ4v) is 6.78. The molecule has 4 aromatic rings. The van der Waals surface area contributed by atoms with E-state index in [2.05, 4.69) is 4.98 Å². The summed E-state index contributed by atoms with van der Waals surface area (Å²) >= 11 is 0. The Hall–Kier alpha value is -5.25. The number of pyridine rings is 1. The Kier molecular flexibility index (Phi) is 12.9. The Balaban J connectivity index is 1.23. The molecule has 3 aliphatic heterocycles. The molecule has 61 heavy (non-hydrogen) atoms. The number of phenolic OH excluding ortho intramolecular Hbond substituents is 3. The second kappa shape index (κ2) is 18.0. The Morgan fingerprint density at radius 2 is 1.49 bits per heavy atom. The van der Waals surface area contributed by atoms with Gasteiger partial charge in [-0.25, -0.2) is 4.79 Å². The summed E-state index contributed by atoms with van der Waals surface area (Å²) in [7, 11) is 0. The zero-order valence-electron chi connectivity index (χ0n) is 31.3. The van der Waals surface area contributed by atoms with Gasteiger partial charge in [-0.2, -0.15) is 0 Å². The largest absolute Gasteiger partial charge is 0.508 e. The van der Waals surface area contributed by atoms with Crippen LogP contribution in [0.3, 0.4) is 0 Å². The van der Waals surface area contributed by atoms with Crippen LogP contribution >= 0.6 is 0 Å². The zero-order valence-corrected chi connectivity index (χ0v) is 31.3. The van der Waals surface area contributed by atoms with Gasteiger partial charge in [0.2, 0.25) is 23.8 Å². The highest BCUT2D eigenvalue weighted by atomic mass is 16.8. The van der Waals surface area contributed by atoms with Crippen molar-refractivity contribution in [2.24, 2.45) is 0 Å². The van der Waals surface area contributed by atoms with E-state index in [4.69, 9.17) is 37.6 Å². The summed E-state index contributed by atoms with van der Waals surface area (Å²) in [5, 5.41) is 126. The maximum Gasteiger partial charge on any atom is 0.339 e. The molecule has 3 aliphatic rings. The smallest absolute Gasteiger partial charge is 0.339 e. The number of rotatable bonds is 11. The van der Waals surface area contributed by atoms with Crippen molar-refractivity contribution in [1.29, 1.82) is 0 Å². The normalized spacial score (nSPS) is 32.9. The van der Waals surface area contributed by atoms with E-state index < -0.39 is 163 Å². The number of hydrogen-bond donors (Lipinski definition) is 12. The van der Waals surface area contributed by atoms with E-state index in [0.717, 1.165) is 24.3 Å². The number of esters is 1. The molecule has 2 aromatic heterocycles. The highest BCUT2D eigenvalue weighted by Crippen LogP contribution is 2.41. The molecular weight excluding hydrogens is 822 g/mol. The average molecular weight is 864 g/mol. The van der Waals surface area contributed by atoms with Crippen LogP contribution in [-0.4, -0.2) is 178 Å². The van der Waals surface area contributed by atoms with Crippen molar-refractivity contribution in [3.8, 4) is 40.1 Å². The molecule has 330 valence electrons. The summed E-state index contributed by atoms with van der Waals surface area (Å²) in [5.74, 6) is -4.69. The quantitative estimate of drug-likeness (QED) is 0.0656. The van der Waals surface area contributed by atoms with Gasteiger partial charge in [-0.05, 0) is 30.3 Å². The van der Waals surface area contributed by atoms with Crippen LogP contribution in [0.4, 0.5) is 0 Å². The van der Waals surface area contributed by atoms with Crippen molar-refractivity contribution >= 4 is 16.9 Å². The van der Waals surface area contributed by atoms with Crippen LogP contribution in [0, 0.1) is 0 Å². The molecule has 23 heteroatoms. The molecule has 14 atom stereocenters.